The van der Waals surface area contributed by atoms with Crippen LogP contribution in [0.2, 0.25) is 0 Å². The lowest BCUT2D eigenvalue weighted by atomic mass is 10.3. The molecular formula is C7H7BrF2O2. The first-order valence-corrected chi connectivity index (χ1v) is 3.95. The van der Waals surface area contributed by atoms with Crippen LogP contribution < -0.4 is 0 Å². The van der Waals surface area contributed by atoms with Crippen LogP contribution >= 0.6 is 15.9 Å². The Morgan fingerprint density at radius 3 is 2.67 bits per heavy atom. The number of hydrogen-bond donors (Lipinski definition) is 0. The lowest BCUT2D eigenvalue weighted by Crippen LogP contribution is -2.23. The molecule has 0 unspecified atom stereocenters. The summed E-state index contributed by atoms with van der Waals surface area (Å²) < 4.78 is 28.2. The second kappa shape index (κ2) is 5.09. The number of rotatable bonds is 4. The Bertz CT molecular complexity index is 193. The van der Waals surface area contributed by atoms with Crippen molar-refractivity contribution >= 4 is 21.9 Å². The van der Waals surface area contributed by atoms with Crippen LogP contribution in [0, 0.1) is 12.3 Å². The van der Waals surface area contributed by atoms with Crippen LogP contribution in [0.25, 0.3) is 0 Å². The van der Waals surface area contributed by atoms with Gasteiger partial charge in [-0.2, -0.15) is 8.78 Å². The van der Waals surface area contributed by atoms with E-state index in [1.165, 1.54) is 0 Å². The minimum atomic E-state index is -3.59. The molecule has 0 saturated heterocycles. The molecule has 0 aromatic rings. The van der Waals surface area contributed by atoms with Crippen LogP contribution in [-0.4, -0.2) is 17.4 Å². The highest BCUT2D eigenvalue weighted by Crippen LogP contribution is 2.22. The number of esters is 1. The Hall–Kier alpha value is -0.630. The van der Waals surface area contributed by atoms with E-state index in [0.29, 0.717) is 12.8 Å². The van der Waals surface area contributed by atoms with Crippen molar-refractivity contribution in [1.29, 1.82) is 0 Å². The quantitative estimate of drug-likeness (QED) is 0.325. The van der Waals surface area contributed by atoms with Crippen molar-refractivity contribution in [2.45, 2.75) is 17.7 Å². The largest absolute Gasteiger partial charge is 0.461 e. The molecule has 0 N–H and O–H groups in total. The van der Waals surface area contributed by atoms with Gasteiger partial charge in [-0.1, -0.05) is 0 Å². The van der Waals surface area contributed by atoms with Gasteiger partial charge in [-0.3, -0.25) is 0 Å². The summed E-state index contributed by atoms with van der Waals surface area (Å²) in [5.41, 5.74) is 0. The Kier molecular flexibility index (Phi) is 4.83. The highest BCUT2D eigenvalue weighted by molar-refractivity contribution is 9.10. The number of carbonyl (C=O) groups excluding carboxylic acids is 1. The number of carbonyl (C=O) groups is 1. The molecule has 0 atom stereocenters. The molecule has 0 bridgehead atoms. The number of alkyl halides is 3. The number of hydrogen-bond acceptors (Lipinski definition) is 2. The van der Waals surface area contributed by atoms with Crippen molar-refractivity contribution in [2.24, 2.45) is 0 Å². The fourth-order valence-electron chi connectivity index (χ4n) is 0.421. The Labute approximate surface area is 77.4 Å². The monoisotopic (exact) mass is 240 g/mol. The Balaban J connectivity index is 3.53. The first kappa shape index (κ1) is 11.4. The van der Waals surface area contributed by atoms with Crippen molar-refractivity contribution < 1.29 is 18.3 Å². The van der Waals surface area contributed by atoms with E-state index in [1.54, 1.807) is 0 Å². The van der Waals surface area contributed by atoms with E-state index in [1.807, 2.05) is 15.9 Å². The molecule has 0 aliphatic carbocycles. The standard InChI is InChI=1S/C7H7BrF2O2/c1-2-3-4-5-12-6(11)7(8,9)10/h1H,3-5H2. The number of ether oxygens (including phenoxy) is 1. The van der Waals surface area contributed by atoms with Gasteiger partial charge in [0.05, 0.1) is 6.61 Å². The summed E-state index contributed by atoms with van der Waals surface area (Å²) in [5.74, 6) is 0.706. The molecule has 0 amide bonds. The molecule has 0 fully saturated rings. The number of halogens is 3. The molecule has 0 rings (SSSR count). The van der Waals surface area contributed by atoms with Crippen molar-refractivity contribution in [3.05, 3.63) is 0 Å². The van der Waals surface area contributed by atoms with E-state index in [2.05, 4.69) is 10.7 Å². The summed E-state index contributed by atoms with van der Waals surface area (Å²) in [7, 11) is 0. The fourth-order valence-corrected chi connectivity index (χ4v) is 0.535. The molecule has 0 aliphatic rings. The van der Waals surface area contributed by atoms with Crippen molar-refractivity contribution in [3.8, 4) is 12.3 Å². The first-order valence-electron chi connectivity index (χ1n) is 3.16. The predicted octanol–water partition coefficient (Wildman–Crippen LogP) is 1.93. The summed E-state index contributed by atoms with van der Waals surface area (Å²) in [6.07, 6.45) is 5.68. The normalized spacial score (nSPS) is 10.5. The van der Waals surface area contributed by atoms with Gasteiger partial charge in [0.15, 0.2) is 0 Å². The van der Waals surface area contributed by atoms with Gasteiger partial charge < -0.3 is 4.74 Å². The maximum absolute atomic E-state index is 12.0. The molecule has 12 heavy (non-hydrogen) atoms. The minimum Gasteiger partial charge on any atom is -0.461 e. The zero-order valence-corrected chi connectivity index (χ0v) is 7.74. The third-order valence-corrected chi connectivity index (χ3v) is 1.25. The van der Waals surface area contributed by atoms with Crippen LogP contribution in [0.5, 0.6) is 0 Å². The molecule has 0 aromatic heterocycles. The fraction of sp³-hybridized carbons (Fsp3) is 0.571. The zero-order valence-electron chi connectivity index (χ0n) is 6.15. The summed E-state index contributed by atoms with van der Waals surface area (Å²) >= 11 is 1.86. The van der Waals surface area contributed by atoms with E-state index in [-0.39, 0.29) is 6.61 Å². The second-order valence-corrected chi connectivity index (χ2v) is 2.94. The smallest absolute Gasteiger partial charge is 0.395 e. The Morgan fingerprint density at radius 1 is 1.67 bits per heavy atom. The molecule has 0 aromatic carbocycles. The topological polar surface area (TPSA) is 26.3 Å². The average Bonchev–Trinajstić information content (AvgIpc) is 1.96. The van der Waals surface area contributed by atoms with E-state index in [0.717, 1.165) is 0 Å². The molecule has 0 heterocycles. The molecule has 0 aliphatic heterocycles. The van der Waals surface area contributed by atoms with Crippen LogP contribution in [-0.2, 0) is 9.53 Å². The van der Waals surface area contributed by atoms with Crippen LogP contribution in [0.3, 0.4) is 0 Å². The van der Waals surface area contributed by atoms with Gasteiger partial charge in [-0.15, -0.1) is 12.3 Å². The maximum Gasteiger partial charge on any atom is 0.395 e. The van der Waals surface area contributed by atoms with E-state index in [4.69, 9.17) is 6.42 Å². The van der Waals surface area contributed by atoms with Gasteiger partial charge in [0, 0.05) is 22.4 Å². The van der Waals surface area contributed by atoms with Gasteiger partial charge in [0.2, 0.25) is 0 Å². The molecular weight excluding hydrogens is 234 g/mol. The second-order valence-electron chi connectivity index (χ2n) is 1.94. The number of terminal acetylenes is 1. The Morgan fingerprint density at radius 2 is 2.25 bits per heavy atom. The highest BCUT2D eigenvalue weighted by Gasteiger charge is 2.36. The number of unbranched alkanes of at least 4 members (excludes halogenated alkanes) is 1. The summed E-state index contributed by atoms with van der Waals surface area (Å²) in [5, 5.41) is 0. The lowest BCUT2D eigenvalue weighted by Gasteiger charge is -2.07. The average molecular weight is 241 g/mol. The van der Waals surface area contributed by atoms with Gasteiger partial charge >= 0.3 is 10.8 Å². The van der Waals surface area contributed by atoms with Crippen LogP contribution in [0.1, 0.15) is 12.8 Å². The summed E-state index contributed by atoms with van der Waals surface area (Å²) in [4.78, 5) is 6.76. The molecule has 5 heteroatoms. The lowest BCUT2D eigenvalue weighted by molar-refractivity contribution is -0.159. The van der Waals surface area contributed by atoms with Crippen LogP contribution in [0.4, 0.5) is 8.78 Å². The van der Waals surface area contributed by atoms with E-state index < -0.39 is 10.8 Å². The summed E-state index contributed by atoms with van der Waals surface area (Å²) in [6, 6.07) is 0. The minimum absolute atomic E-state index is 0.0791. The predicted molar refractivity (Wildman–Crippen MR) is 42.9 cm³/mol. The SMILES string of the molecule is C#CCCCOC(=O)C(F)(F)Br. The van der Waals surface area contributed by atoms with Crippen LogP contribution in [0.15, 0.2) is 0 Å². The molecule has 2 nitrogen and oxygen atoms in total. The summed E-state index contributed by atoms with van der Waals surface area (Å²) in [6.45, 7) is -0.0791. The van der Waals surface area contributed by atoms with Gasteiger partial charge in [0.25, 0.3) is 0 Å². The van der Waals surface area contributed by atoms with E-state index >= 15 is 0 Å². The van der Waals surface area contributed by atoms with Crippen molar-refractivity contribution in [3.63, 3.8) is 0 Å². The van der Waals surface area contributed by atoms with Gasteiger partial charge in [0.1, 0.15) is 0 Å². The third-order valence-electron chi connectivity index (χ3n) is 0.930. The maximum atomic E-state index is 12.0. The van der Waals surface area contributed by atoms with Gasteiger partial charge in [-0.25, -0.2) is 4.79 Å². The van der Waals surface area contributed by atoms with E-state index in [9.17, 15) is 13.6 Å². The highest BCUT2D eigenvalue weighted by atomic mass is 79.9. The third kappa shape index (κ3) is 5.08. The van der Waals surface area contributed by atoms with Crippen molar-refractivity contribution in [2.75, 3.05) is 6.61 Å². The first-order chi connectivity index (χ1) is 5.48. The zero-order chi connectivity index (χ0) is 9.61. The molecule has 68 valence electrons. The van der Waals surface area contributed by atoms with Gasteiger partial charge in [-0.05, 0) is 6.42 Å². The van der Waals surface area contributed by atoms with Crippen molar-refractivity contribution in [1.82, 2.24) is 0 Å². The molecule has 0 saturated carbocycles. The molecule has 0 spiro atoms. The molecule has 0 radical (unpaired) electrons.